The molecule has 2 heterocycles. The van der Waals surface area contributed by atoms with Crippen LogP contribution in [0.25, 0.3) is 0 Å². The Balaban J connectivity index is 1.91. The second-order valence-corrected chi connectivity index (χ2v) is 13.7. The molecule has 1 saturated carbocycles. The van der Waals surface area contributed by atoms with Crippen LogP contribution in [0.2, 0.25) is 0 Å². The molecule has 0 amide bonds. The van der Waals surface area contributed by atoms with E-state index in [1.807, 2.05) is 0 Å². The molecule has 1 N–H and O–H groups in total. The van der Waals surface area contributed by atoms with Crippen molar-refractivity contribution in [3.8, 4) is 0 Å². The molecule has 3 rings (SSSR count). The average molecular weight is 445 g/mol. The normalized spacial score (nSPS) is 28.1. The van der Waals surface area contributed by atoms with Crippen molar-refractivity contribution in [3.05, 3.63) is 12.3 Å². The molecule has 0 unspecified atom stereocenters. The Morgan fingerprint density at radius 2 is 1.25 bits per heavy atom. The maximum Gasteiger partial charge on any atom is 0.0408 e. The van der Waals surface area contributed by atoms with Gasteiger partial charge in [0.15, 0.2) is 0 Å². The van der Waals surface area contributed by atoms with Gasteiger partial charge in [0, 0.05) is 34.3 Å². The van der Waals surface area contributed by atoms with Gasteiger partial charge >= 0.3 is 0 Å². The molecule has 186 valence electrons. The van der Waals surface area contributed by atoms with Crippen LogP contribution in [0.3, 0.4) is 0 Å². The molecule has 3 fully saturated rings. The monoisotopic (exact) mass is 444 g/mol. The minimum atomic E-state index is 0.172. The van der Waals surface area contributed by atoms with Gasteiger partial charge in [0.25, 0.3) is 0 Å². The van der Waals surface area contributed by atoms with Crippen LogP contribution < -0.4 is 5.32 Å². The quantitative estimate of drug-likeness (QED) is 0.467. The summed E-state index contributed by atoms with van der Waals surface area (Å²) in [5.74, 6) is 0.795. The van der Waals surface area contributed by atoms with E-state index in [0.717, 1.165) is 5.92 Å². The van der Waals surface area contributed by atoms with Crippen molar-refractivity contribution >= 4 is 0 Å². The molecule has 2 saturated heterocycles. The van der Waals surface area contributed by atoms with E-state index in [2.05, 4.69) is 51.8 Å². The maximum absolute atomic E-state index is 4.92. The molecule has 0 bridgehead atoms. The molecule has 0 atom stereocenters. The van der Waals surface area contributed by atoms with Crippen molar-refractivity contribution < 1.29 is 0 Å². The third-order valence-electron chi connectivity index (χ3n) is 8.86. The lowest BCUT2D eigenvalue weighted by Gasteiger charge is -2.52. The van der Waals surface area contributed by atoms with E-state index < -0.39 is 0 Å². The summed E-state index contributed by atoms with van der Waals surface area (Å²) < 4.78 is 0. The zero-order valence-corrected chi connectivity index (χ0v) is 22.8. The molecule has 32 heavy (non-hydrogen) atoms. The highest BCUT2D eigenvalue weighted by molar-refractivity contribution is 5.27. The number of allylic oxidation sites excluding steroid dienone is 1. The van der Waals surface area contributed by atoms with Crippen molar-refractivity contribution in [1.82, 2.24) is 10.2 Å². The number of rotatable bonds is 4. The van der Waals surface area contributed by atoms with Crippen LogP contribution in [0.1, 0.15) is 144 Å². The molecule has 0 radical (unpaired) electrons. The van der Waals surface area contributed by atoms with Crippen LogP contribution in [-0.4, -0.2) is 28.1 Å². The molecule has 2 spiro atoms. The molecule has 0 aromatic carbocycles. The van der Waals surface area contributed by atoms with E-state index in [0.29, 0.717) is 5.54 Å². The predicted molar refractivity (Wildman–Crippen MR) is 141 cm³/mol. The first kappa shape index (κ1) is 26.1. The molecular weight excluding hydrogens is 388 g/mol. The second-order valence-electron chi connectivity index (χ2n) is 13.7. The molecule has 2 aliphatic heterocycles. The highest BCUT2D eigenvalue weighted by atomic mass is 15.3. The number of nitrogens with zero attached hydrogens (tertiary/aromatic N) is 1. The maximum atomic E-state index is 4.92. The Morgan fingerprint density at radius 3 is 1.72 bits per heavy atom. The van der Waals surface area contributed by atoms with Gasteiger partial charge in [0.1, 0.15) is 0 Å². The van der Waals surface area contributed by atoms with Gasteiger partial charge in [-0.25, -0.2) is 0 Å². The number of hydrogen-bond acceptors (Lipinski definition) is 2. The molecule has 2 heteroatoms. The van der Waals surface area contributed by atoms with Gasteiger partial charge in [0.2, 0.25) is 0 Å². The summed E-state index contributed by atoms with van der Waals surface area (Å²) in [6.07, 6.45) is 22.2. The largest absolute Gasteiger partial charge is 0.369 e. The first-order chi connectivity index (χ1) is 15.0. The highest BCUT2D eigenvalue weighted by Crippen LogP contribution is 2.60. The molecule has 1 aliphatic carbocycles. The first-order valence-corrected chi connectivity index (χ1v) is 14.3. The molecule has 0 aromatic heterocycles. The van der Waals surface area contributed by atoms with E-state index in [4.69, 9.17) is 6.58 Å². The minimum absolute atomic E-state index is 0.172. The summed E-state index contributed by atoms with van der Waals surface area (Å²) in [7, 11) is 0. The van der Waals surface area contributed by atoms with Crippen molar-refractivity contribution in [2.45, 2.75) is 161 Å². The Morgan fingerprint density at radius 1 is 0.781 bits per heavy atom. The minimum Gasteiger partial charge on any atom is -0.369 e. The predicted octanol–water partition coefficient (Wildman–Crippen LogP) is 8.61. The highest BCUT2D eigenvalue weighted by Gasteiger charge is 2.59. The Hall–Kier alpha value is -0.500. The van der Waals surface area contributed by atoms with E-state index >= 15 is 0 Å². The van der Waals surface area contributed by atoms with Crippen LogP contribution in [0.5, 0.6) is 0 Å². The van der Waals surface area contributed by atoms with E-state index in [-0.39, 0.29) is 16.5 Å². The Kier molecular flexibility index (Phi) is 8.49. The summed E-state index contributed by atoms with van der Waals surface area (Å²) in [5.41, 5.74) is 2.48. The summed E-state index contributed by atoms with van der Waals surface area (Å²) in [4.78, 5) is 2.92. The van der Waals surface area contributed by atoms with Crippen LogP contribution in [0.15, 0.2) is 12.3 Å². The third kappa shape index (κ3) is 6.34. The average Bonchev–Trinajstić information content (AvgIpc) is 2.84. The van der Waals surface area contributed by atoms with Crippen LogP contribution in [0.4, 0.5) is 0 Å². The number of hydrogen-bond donors (Lipinski definition) is 1. The van der Waals surface area contributed by atoms with Crippen molar-refractivity contribution in [2.75, 3.05) is 6.54 Å². The van der Waals surface area contributed by atoms with Gasteiger partial charge < -0.3 is 10.2 Å². The zero-order valence-electron chi connectivity index (χ0n) is 22.8. The van der Waals surface area contributed by atoms with Gasteiger partial charge in [-0.15, -0.1) is 0 Å². The fourth-order valence-electron chi connectivity index (χ4n) is 8.23. The topological polar surface area (TPSA) is 15.3 Å². The van der Waals surface area contributed by atoms with Crippen molar-refractivity contribution in [3.63, 3.8) is 0 Å². The molecule has 0 aromatic rings. The van der Waals surface area contributed by atoms with E-state index in [1.54, 1.807) is 0 Å². The standard InChI is InChI=1S/C30H56N2/c1-25(2)18-17-21-32-26(3)29(22-27(4,5)31-28(6,7)23-29)24-30(32)19-15-13-11-9-8-10-12-14-16-20-30/h25,31H,3,8-24H2,1-2,4-7H3. The van der Waals surface area contributed by atoms with Gasteiger partial charge in [-0.2, -0.15) is 0 Å². The van der Waals surface area contributed by atoms with Crippen molar-refractivity contribution in [2.24, 2.45) is 11.3 Å². The molecule has 2 nitrogen and oxygen atoms in total. The van der Waals surface area contributed by atoms with Gasteiger partial charge in [-0.1, -0.05) is 78.2 Å². The smallest absolute Gasteiger partial charge is 0.0408 e. The van der Waals surface area contributed by atoms with Gasteiger partial charge in [0.05, 0.1) is 0 Å². The van der Waals surface area contributed by atoms with Crippen molar-refractivity contribution in [1.29, 1.82) is 0 Å². The number of likely N-dealkylation sites (tertiary alicyclic amines) is 1. The number of nitrogens with one attached hydrogen (secondary N) is 1. The lowest BCUT2D eigenvalue weighted by molar-refractivity contribution is 0.0666. The summed E-state index contributed by atoms with van der Waals surface area (Å²) in [5, 5.41) is 3.96. The third-order valence-corrected chi connectivity index (χ3v) is 8.86. The molecule has 3 aliphatic rings. The fourth-order valence-corrected chi connectivity index (χ4v) is 8.23. The summed E-state index contributed by atoms with van der Waals surface area (Å²) in [6, 6.07) is 0. The van der Waals surface area contributed by atoms with Crippen LogP contribution >= 0.6 is 0 Å². The number of piperidine rings is 1. The second kappa shape index (κ2) is 10.4. The van der Waals surface area contributed by atoms with Crippen LogP contribution in [-0.2, 0) is 0 Å². The molecular formula is C30H56N2. The Bertz CT molecular complexity index is 586. The lowest BCUT2D eigenvalue weighted by Crippen LogP contribution is -2.61. The summed E-state index contributed by atoms with van der Waals surface area (Å²) in [6.45, 7) is 20.6. The summed E-state index contributed by atoms with van der Waals surface area (Å²) >= 11 is 0. The van der Waals surface area contributed by atoms with Gasteiger partial charge in [-0.3, -0.25) is 0 Å². The zero-order chi connectivity index (χ0) is 23.5. The Labute approximate surface area is 201 Å². The lowest BCUT2D eigenvalue weighted by atomic mass is 9.61. The fraction of sp³-hybridized carbons (Fsp3) is 0.933. The van der Waals surface area contributed by atoms with Crippen LogP contribution in [0, 0.1) is 11.3 Å². The van der Waals surface area contributed by atoms with Gasteiger partial charge in [-0.05, 0) is 78.6 Å². The first-order valence-electron chi connectivity index (χ1n) is 14.3. The van der Waals surface area contributed by atoms with E-state index in [9.17, 15) is 0 Å². The SMILES string of the molecule is C=C1N(CCCC(C)C)C2(CCCCCCCCCCC2)CC12CC(C)(C)NC(C)(C)C2. The van der Waals surface area contributed by atoms with E-state index in [1.165, 1.54) is 115 Å².